The molecular formula is C30H42O8. The lowest BCUT2D eigenvalue weighted by Gasteiger charge is -2.43. The van der Waals surface area contributed by atoms with Crippen LogP contribution in [0.25, 0.3) is 0 Å². The Balaban J connectivity index is 1.71. The summed E-state index contributed by atoms with van der Waals surface area (Å²) in [5.74, 6) is -3.03. The average Bonchev–Trinajstić information content (AvgIpc) is 2.86. The summed E-state index contributed by atoms with van der Waals surface area (Å²) in [6.07, 6.45) is 5.73. The minimum absolute atomic E-state index is 0.0323. The first kappa shape index (κ1) is 29.9. The van der Waals surface area contributed by atoms with Crippen LogP contribution in [0.5, 0.6) is 5.75 Å². The molecule has 0 amide bonds. The fourth-order valence-corrected chi connectivity index (χ4v) is 5.52. The number of aliphatic hydroxyl groups excluding tert-OH is 1. The van der Waals surface area contributed by atoms with Crippen molar-refractivity contribution in [3.63, 3.8) is 0 Å². The van der Waals surface area contributed by atoms with Gasteiger partial charge in [-0.15, -0.1) is 0 Å². The molecule has 0 heterocycles. The van der Waals surface area contributed by atoms with Gasteiger partial charge in [-0.05, 0) is 60.8 Å². The highest BCUT2D eigenvalue weighted by molar-refractivity contribution is 5.75. The summed E-state index contributed by atoms with van der Waals surface area (Å²) < 4.78 is 12.0. The first-order chi connectivity index (χ1) is 18.0. The van der Waals surface area contributed by atoms with E-state index in [0.717, 1.165) is 12.0 Å². The molecular weight excluding hydrogens is 488 g/mol. The molecule has 6 unspecified atom stereocenters. The zero-order chi connectivity index (χ0) is 27.9. The number of hydrogen-bond donors (Lipinski definition) is 4. The monoisotopic (exact) mass is 530 g/mol. The van der Waals surface area contributed by atoms with Crippen molar-refractivity contribution in [1.82, 2.24) is 0 Å². The smallest absolute Gasteiger partial charge is 0.347 e. The van der Waals surface area contributed by atoms with E-state index in [2.05, 4.69) is 6.92 Å². The Kier molecular flexibility index (Phi) is 10.5. The molecule has 0 fully saturated rings. The Morgan fingerprint density at radius 1 is 1.13 bits per heavy atom. The summed E-state index contributed by atoms with van der Waals surface area (Å²) in [7, 11) is 0. The Morgan fingerprint density at radius 3 is 2.47 bits per heavy atom. The second kappa shape index (κ2) is 13.4. The summed E-state index contributed by atoms with van der Waals surface area (Å²) in [6.45, 7) is 5.97. The van der Waals surface area contributed by atoms with Crippen molar-refractivity contribution in [2.24, 2.45) is 17.8 Å². The van der Waals surface area contributed by atoms with E-state index in [9.17, 15) is 24.9 Å². The van der Waals surface area contributed by atoms with Gasteiger partial charge in [0.15, 0.2) is 11.9 Å². The van der Waals surface area contributed by atoms with Crippen molar-refractivity contribution in [3.8, 4) is 5.75 Å². The molecule has 4 N–H and O–H groups in total. The number of fused-ring (bicyclic) bond motifs is 1. The minimum Gasteiger partial charge on any atom is -0.481 e. The number of aryl methyl sites for hydroxylation is 1. The van der Waals surface area contributed by atoms with Crippen LogP contribution in [0.4, 0.5) is 0 Å². The molecule has 38 heavy (non-hydrogen) atoms. The van der Waals surface area contributed by atoms with Gasteiger partial charge >= 0.3 is 11.9 Å². The van der Waals surface area contributed by atoms with Crippen LogP contribution in [0, 0.1) is 17.8 Å². The van der Waals surface area contributed by atoms with E-state index in [4.69, 9.17) is 14.6 Å². The largest absolute Gasteiger partial charge is 0.481 e. The zero-order valence-electron chi connectivity index (χ0n) is 22.6. The molecule has 1 aromatic carbocycles. The molecule has 0 saturated heterocycles. The van der Waals surface area contributed by atoms with Gasteiger partial charge in [-0.3, -0.25) is 4.79 Å². The van der Waals surface area contributed by atoms with Gasteiger partial charge in [-0.25, -0.2) is 4.79 Å². The number of allylic oxidation sites excluding steroid dienone is 2. The molecule has 1 aromatic rings. The van der Waals surface area contributed by atoms with E-state index in [1.165, 1.54) is 5.56 Å². The highest BCUT2D eigenvalue weighted by atomic mass is 16.6. The van der Waals surface area contributed by atoms with Crippen LogP contribution in [0.1, 0.15) is 71.3 Å². The third-order valence-corrected chi connectivity index (χ3v) is 7.73. The number of hydrogen-bond acceptors (Lipinski definition) is 7. The zero-order valence-corrected chi connectivity index (χ0v) is 22.6. The van der Waals surface area contributed by atoms with Crippen LogP contribution in [-0.4, -0.2) is 56.5 Å². The first-order valence-electron chi connectivity index (χ1n) is 13.7. The lowest BCUT2D eigenvalue weighted by atomic mass is 9.66. The number of carbonyl (C=O) groups excluding carboxylic acids is 1. The van der Waals surface area contributed by atoms with Gasteiger partial charge in [0.05, 0.1) is 6.10 Å². The van der Waals surface area contributed by atoms with Crippen LogP contribution in [0.2, 0.25) is 0 Å². The highest BCUT2D eigenvalue weighted by Gasteiger charge is 2.43. The molecule has 0 aliphatic heterocycles. The van der Waals surface area contributed by atoms with E-state index >= 15 is 0 Å². The lowest BCUT2D eigenvalue weighted by molar-refractivity contribution is -0.177. The Bertz CT molecular complexity index is 996. The average molecular weight is 531 g/mol. The fourth-order valence-electron chi connectivity index (χ4n) is 5.52. The van der Waals surface area contributed by atoms with Crippen LogP contribution in [0.3, 0.4) is 0 Å². The van der Waals surface area contributed by atoms with Gasteiger partial charge in [0.25, 0.3) is 0 Å². The Morgan fingerprint density at radius 2 is 1.84 bits per heavy atom. The quantitative estimate of drug-likeness (QED) is 0.221. The molecule has 210 valence electrons. The SMILES string of the molecule is CCc1ccc(OC(CC)C(=O)OC2CC(O)C=C3C=CC(C)C(CCC(O)(O)CCCC(=O)O)C32)cc1. The number of carbonyl (C=O) groups is 2. The molecule has 0 saturated carbocycles. The molecule has 0 aromatic heterocycles. The molecule has 8 heteroatoms. The fraction of sp³-hybridized carbons (Fsp3) is 0.600. The Hall–Kier alpha value is -2.68. The van der Waals surface area contributed by atoms with Gasteiger partial charge in [0.1, 0.15) is 11.9 Å². The number of aliphatic carboxylic acids is 1. The third-order valence-electron chi connectivity index (χ3n) is 7.73. The maximum absolute atomic E-state index is 13.2. The normalized spacial score (nSPS) is 25.7. The van der Waals surface area contributed by atoms with Crippen LogP contribution in [0.15, 0.2) is 48.1 Å². The summed E-state index contributed by atoms with van der Waals surface area (Å²) >= 11 is 0. The van der Waals surface area contributed by atoms with Crippen LogP contribution in [-0.2, 0) is 20.7 Å². The topological polar surface area (TPSA) is 134 Å². The number of ether oxygens (including phenoxy) is 2. The number of rotatable bonds is 13. The van der Waals surface area contributed by atoms with E-state index < -0.39 is 36.0 Å². The van der Waals surface area contributed by atoms with Gasteiger partial charge in [0.2, 0.25) is 0 Å². The van der Waals surface area contributed by atoms with Gasteiger partial charge in [-0.2, -0.15) is 0 Å². The molecule has 2 aliphatic carbocycles. The molecule has 0 spiro atoms. The Labute approximate surface area is 225 Å². The summed E-state index contributed by atoms with van der Waals surface area (Å²) in [5.41, 5.74) is 2.05. The summed E-state index contributed by atoms with van der Waals surface area (Å²) in [5, 5.41) is 40.3. The number of benzene rings is 1. The minimum atomic E-state index is -1.98. The van der Waals surface area contributed by atoms with E-state index in [1.807, 2.05) is 50.3 Å². The number of aliphatic hydroxyl groups is 3. The first-order valence-corrected chi connectivity index (χ1v) is 13.7. The van der Waals surface area contributed by atoms with E-state index in [-0.39, 0.29) is 49.9 Å². The third kappa shape index (κ3) is 8.16. The standard InChI is InChI=1S/C30H42O8/c1-4-20-9-12-23(13-10-20)37-25(5-2)29(34)38-26-18-22(31)17-21-11-8-19(3)24(28(21)26)14-16-30(35,36)15-6-7-27(32)33/h8-13,17,19,22,24-26,28,31,35-36H,4-7,14-16,18H2,1-3H3,(H,32,33). The molecule has 0 radical (unpaired) electrons. The van der Waals surface area contributed by atoms with Crippen molar-refractivity contribution in [2.75, 3.05) is 0 Å². The highest BCUT2D eigenvalue weighted by Crippen LogP contribution is 2.44. The number of esters is 1. The summed E-state index contributed by atoms with van der Waals surface area (Å²) in [4.78, 5) is 24.0. The second-order valence-corrected chi connectivity index (χ2v) is 10.6. The van der Waals surface area contributed by atoms with E-state index in [1.54, 1.807) is 6.08 Å². The van der Waals surface area contributed by atoms with Crippen LogP contribution >= 0.6 is 0 Å². The maximum Gasteiger partial charge on any atom is 0.347 e. The van der Waals surface area contributed by atoms with Crippen LogP contribution < -0.4 is 4.74 Å². The number of carboxylic acids is 1. The van der Waals surface area contributed by atoms with Crippen molar-refractivity contribution in [3.05, 3.63) is 53.6 Å². The second-order valence-electron chi connectivity index (χ2n) is 10.6. The van der Waals surface area contributed by atoms with Crippen molar-refractivity contribution < 1.29 is 39.5 Å². The van der Waals surface area contributed by atoms with Gasteiger partial charge in [-0.1, -0.05) is 51.1 Å². The lowest BCUT2D eigenvalue weighted by Crippen LogP contribution is -2.44. The number of carboxylic acid groups (broad SMARTS) is 1. The van der Waals surface area contributed by atoms with Gasteiger partial charge < -0.3 is 29.9 Å². The summed E-state index contributed by atoms with van der Waals surface area (Å²) in [6, 6.07) is 7.62. The van der Waals surface area contributed by atoms with Gasteiger partial charge in [0, 0.05) is 31.6 Å². The molecule has 8 nitrogen and oxygen atoms in total. The van der Waals surface area contributed by atoms with Crippen molar-refractivity contribution in [1.29, 1.82) is 0 Å². The predicted molar refractivity (Wildman–Crippen MR) is 142 cm³/mol. The molecule has 6 atom stereocenters. The molecule has 2 aliphatic rings. The molecule has 3 rings (SSSR count). The van der Waals surface area contributed by atoms with E-state index in [0.29, 0.717) is 18.6 Å². The predicted octanol–water partition coefficient (Wildman–Crippen LogP) is 4.16. The maximum atomic E-state index is 13.2. The van der Waals surface area contributed by atoms with Crippen molar-refractivity contribution >= 4 is 11.9 Å². The van der Waals surface area contributed by atoms with Crippen molar-refractivity contribution in [2.45, 2.75) is 96.2 Å². The molecule has 0 bridgehead atoms.